The van der Waals surface area contributed by atoms with Gasteiger partial charge in [0.15, 0.2) is 0 Å². The van der Waals surface area contributed by atoms with Gasteiger partial charge in [0.05, 0.1) is 0 Å². The van der Waals surface area contributed by atoms with Gasteiger partial charge < -0.3 is 4.74 Å². The highest BCUT2D eigenvalue weighted by atomic mass is 35.5. The summed E-state index contributed by atoms with van der Waals surface area (Å²) in [5.74, 6) is -0.576. The molecular weight excluding hydrogens is 200 g/mol. The van der Waals surface area contributed by atoms with E-state index in [2.05, 4.69) is 21.1 Å². The van der Waals surface area contributed by atoms with Crippen molar-refractivity contribution >= 4 is 23.0 Å². The van der Waals surface area contributed by atoms with E-state index in [4.69, 9.17) is 11.6 Å². The van der Waals surface area contributed by atoms with E-state index < -0.39 is 17.5 Å². The van der Waals surface area contributed by atoms with Gasteiger partial charge in [0, 0.05) is 17.7 Å². The predicted molar refractivity (Wildman–Crippen MR) is 44.0 cm³/mol. The molecule has 6 heteroatoms. The van der Waals surface area contributed by atoms with Crippen LogP contribution in [0.1, 0.15) is 6.92 Å². The van der Waals surface area contributed by atoms with Crippen LogP contribution in [0.2, 0.25) is 0 Å². The number of esters is 1. The molecule has 0 bridgehead atoms. The van der Waals surface area contributed by atoms with Gasteiger partial charge in [-0.1, -0.05) is 6.58 Å². The fourth-order valence-electron chi connectivity index (χ4n) is 0.457. The van der Waals surface area contributed by atoms with Crippen molar-refractivity contribution < 1.29 is 24.1 Å². The van der Waals surface area contributed by atoms with Gasteiger partial charge in [-0.25, -0.2) is 9.59 Å². The summed E-state index contributed by atoms with van der Waals surface area (Å²) in [6.45, 7) is 4.67. The number of halogens is 1. The van der Waals surface area contributed by atoms with Crippen LogP contribution in [0.3, 0.4) is 0 Å². The van der Waals surface area contributed by atoms with Crippen LogP contribution in [-0.4, -0.2) is 24.1 Å². The van der Waals surface area contributed by atoms with Gasteiger partial charge in [-0.3, -0.25) is 4.89 Å². The quantitative estimate of drug-likeness (QED) is 0.225. The molecule has 0 fully saturated rings. The molecule has 0 saturated heterocycles. The van der Waals surface area contributed by atoms with Gasteiger partial charge in [0.2, 0.25) is 0 Å². The molecule has 0 aromatic heterocycles. The molecule has 0 radical (unpaired) electrons. The molecule has 0 aliphatic carbocycles. The Bertz CT molecular complexity index is 203. The maximum Gasteiger partial charge on any atom is 0.435 e. The summed E-state index contributed by atoms with van der Waals surface area (Å²) in [5, 5.41) is 0. The van der Waals surface area contributed by atoms with E-state index in [1.807, 2.05) is 0 Å². The van der Waals surface area contributed by atoms with Crippen molar-refractivity contribution in [3.05, 3.63) is 12.7 Å². The number of carbonyl (C=O) groups excluding carboxylic acids is 2. The third-order valence-corrected chi connectivity index (χ3v) is 0.974. The van der Waals surface area contributed by atoms with E-state index in [0.29, 0.717) is 0 Å². The minimum atomic E-state index is -1.08. The molecule has 0 N–H and O–H groups in total. The Hall–Kier alpha value is -1.07. The Balaban J connectivity index is 3.51. The Labute approximate surface area is 80.1 Å². The minimum absolute atomic E-state index is 0.0853. The van der Waals surface area contributed by atoms with E-state index in [1.165, 1.54) is 0 Å². The molecule has 0 spiro atoms. The summed E-state index contributed by atoms with van der Waals surface area (Å²) < 4.78 is 4.66. The van der Waals surface area contributed by atoms with Crippen LogP contribution in [-0.2, 0) is 19.3 Å². The fraction of sp³-hybridized carbons (Fsp3) is 0.429. The van der Waals surface area contributed by atoms with Crippen LogP contribution in [0.25, 0.3) is 0 Å². The van der Waals surface area contributed by atoms with E-state index in [1.54, 1.807) is 6.92 Å². The molecule has 13 heavy (non-hydrogen) atoms. The standard InChI is InChI=1S/C7H9ClO5/c1-3-6(9)12-5(2)4-11-13-7(8)10/h3,5H,1,4H2,2H3. The van der Waals surface area contributed by atoms with Gasteiger partial charge in [-0.2, -0.15) is 4.89 Å². The third-order valence-electron chi connectivity index (χ3n) is 0.911. The lowest BCUT2D eigenvalue weighted by Gasteiger charge is -2.09. The van der Waals surface area contributed by atoms with Crippen LogP contribution in [0.4, 0.5) is 4.79 Å². The molecule has 5 nitrogen and oxygen atoms in total. The summed E-state index contributed by atoms with van der Waals surface area (Å²) in [6, 6.07) is 0. The number of hydrogen-bond acceptors (Lipinski definition) is 5. The van der Waals surface area contributed by atoms with Gasteiger partial charge in [-0.05, 0) is 6.92 Å². The Morgan fingerprint density at radius 2 is 2.23 bits per heavy atom. The van der Waals surface area contributed by atoms with Crippen LogP contribution in [0, 0.1) is 0 Å². The molecule has 0 aromatic rings. The van der Waals surface area contributed by atoms with Crippen LogP contribution in [0.15, 0.2) is 12.7 Å². The number of ether oxygens (including phenoxy) is 1. The zero-order chi connectivity index (χ0) is 10.3. The maximum atomic E-state index is 10.6. The van der Waals surface area contributed by atoms with E-state index >= 15 is 0 Å². The van der Waals surface area contributed by atoms with E-state index in [0.717, 1.165) is 6.08 Å². The number of carbonyl (C=O) groups is 2. The Kier molecular flexibility index (Phi) is 5.92. The van der Waals surface area contributed by atoms with Crippen molar-refractivity contribution in [2.45, 2.75) is 13.0 Å². The van der Waals surface area contributed by atoms with Gasteiger partial charge in [-0.15, -0.1) is 0 Å². The smallest absolute Gasteiger partial charge is 0.435 e. The molecule has 1 atom stereocenters. The second kappa shape index (κ2) is 6.45. The summed E-state index contributed by atoms with van der Waals surface area (Å²) in [7, 11) is 0. The zero-order valence-electron chi connectivity index (χ0n) is 6.99. The topological polar surface area (TPSA) is 61.8 Å². The Morgan fingerprint density at radius 1 is 1.62 bits per heavy atom. The van der Waals surface area contributed by atoms with Crippen molar-refractivity contribution in [3.63, 3.8) is 0 Å². The first-order valence-corrected chi connectivity index (χ1v) is 3.76. The van der Waals surface area contributed by atoms with Crippen molar-refractivity contribution in [1.29, 1.82) is 0 Å². The van der Waals surface area contributed by atoms with Crippen LogP contribution < -0.4 is 0 Å². The van der Waals surface area contributed by atoms with Crippen LogP contribution >= 0.6 is 11.6 Å². The average Bonchev–Trinajstić information content (AvgIpc) is 2.03. The molecule has 0 heterocycles. The lowest BCUT2D eigenvalue weighted by molar-refractivity contribution is -0.245. The van der Waals surface area contributed by atoms with Gasteiger partial charge in [0.1, 0.15) is 12.7 Å². The summed E-state index contributed by atoms with van der Waals surface area (Å²) in [6.07, 6.45) is 0.478. The SMILES string of the molecule is C=CC(=O)OC(C)COOC(=O)Cl. The van der Waals surface area contributed by atoms with E-state index in [-0.39, 0.29) is 6.61 Å². The molecule has 0 aromatic carbocycles. The Morgan fingerprint density at radius 3 is 2.69 bits per heavy atom. The largest absolute Gasteiger partial charge is 0.457 e. The highest BCUT2D eigenvalue weighted by molar-refractivity contribution is 6.61. The molecule has 0 rings (SSSR count). The van der Waals surface area contributed by atoms with Crippen molar-refractivity contribution in [2.24, 2.45) is 0 Å². The minimum Gasteiger partial charge on any atom is -0.457 e. The summed E-state index contributed by atoms with van der Waals surface area (Å²) >= 11 is 4.78. The molecule has 0 aliphatic rings. The molecule has 0 saturated carbocycles. The number of hydrogen-bond donors (Lipinski definition) is 0. The third kappa shape index (κ3) is 7.30. The van der Waals surface area contributed by atoms with Gasteiger partial charge in [0.25, 0.3) is 0 Å². The zero-order valence-corrected chi connectivity index (χ0v) is 7.74. The lowest BCUT2D eigenvalue weighted by atomic mass is 10.4. The maximum absolute atomic E-state index is 10.6. The van der Waals surface area contributed by atoms with E-state index in [9.17, 15) is 9.59 Å². The first-order valence-electron chi connectivity index (χ1n) is 3.38. The second-order valence-electron chi connectivity index (χ2n) is 2.06. The molecule has 0 amide bonds. The highest BCUT2D eigenvalue weighted by Gasteiger charge is 2.08. The molecular formula is C7H9ClO5. The average molecular weight is 209 g/mol. The normalized spacial score (nSPS) is 11.5. The first kappa shape index (κ1) is 11.9. The predicted octanol–water partition coefficient (Wildman–Crippen LogP) is 1.41. The van der Waals surface area contributed by atoms with Crippen LogP contribution in [0.5, 0.6) is 0 Å². The first-order chi connectivity index (χ1) is 6.06. The monoisotopic (exact) mass is 208 g/mol. The second-order valence-corrected chi connectivity index (χ2v) is 2.37. The molecule has 0 aliphatic heterocycles. The molecule has 1 unspecified atom stereocenters. The van der Waals surface area contributed by atoms with Crippen molar-refractivity contribution in [3.8, 4) is 0 Å². The van der Waals surface area contributed by atoms with Crippen molar-refractivity contribution in [2.75, 3.05) is 6.61 Å². The fourth-order valence-corrected chi connectivity index (χ4v) is 0.501. The summed E-state index contributed by atoms with van der Waals surface area (Å²) in [4.78, 5) is 28.8. The molecule has 74 valence electrons. The lowest BCUT2D eigenvalue weighted by Crippen LogP contribution is -2.19. The summed E-state index contributed by atoms with van der Waals surface area (Å²) in [5.41, 5.74) is -1.08. The van der Waals surface area contributed by atoms with Crippen molar-refractivity contribution in [1.82, 2.24) is 0 Å². The highest BCUT2D eigenvalue weighted by Crippen LogP contribution is 1.95. The number of rotatable bonds is 5. The van der Waals surface area contributed by atoms with Gasteiger partial charge >= 0.3 is 11.4 Å².